The van der Waals surface area contributed by atoms with Gasteiger partial charge in [0.05, 0.1) is 20.8 Å². The molecule has 23 heavy (non-hydrogen) atoms. The van der Waals surface area contributed by atoms with Crippen molar-refractivity contribution in [3.8, 4) is 11.5 Å². The number of aryl methyl sites for hydroxylation is 1. The van der Waals surface area contributed by atoms with Gasteiger partial charge < -0.3 is 18.9 Å². The smallest absolute Gasteiger partial charge is 0.262 e. The molecule has 1 heterocycles. The Morgan fingerprint density at radius 1 is 1.13 bits per heavy atom. The molecule has 5 nitrogen and oxygen atoms in total. The molecule has 1 aromatic heterocycles. The van der Waals surface area contributed by atoms with Gasteiger partial charge in [0.15, 0.2) is 0 Å². The number of rotatable bonds is 6. The lowest BCUT2D eigenvalue weighted by atomic mass is 10.1. The van der Waals surface area contributed by atoms with Gasteiger partial charge in [0.2, 0.25) is 0 Å². The molecule has 0 unspecified atom stereocenters. The van der Waals surface area contributed by atoms with Crippen molar-refractivity contribution in [3.05, 3.63) is 47.8 Å². The second-order valence-corrected chi connectivity index (χ2v) is 5.67. The van der Waals surface area contributed by atoms with E-state index in [-0.39, 0.29) is 11.9 Å². The highest BCUT2D eigenvalue weighted by molar-refractivity contribution is 5.99. The van der Waals surface area contributed by atoms with Gasteiger partial charge in [0.25, 0.3) is 5.91 Å². The highest BCUT2D eigenvalue weighted by atomic mass is 16.5. The molecule has 0 N–H and O–H groups in total. The number of amides is 1. The summed E-state index contributed by atoms with van der Waals surface area (Å²) in [6, 6.07) is 9.40. The number of ether oxygens (including phenoxy) is 2. The summed E-state index contributed by atoms with van der Waals surface area (Å²) in [6.07, 6.45) is 1.97. The van der Waals surface area contributed by atoms with Crippen LogP contribution in [0.1, 0.15) is 29.9 Å². The molecule has 1 aromatic carbocycles. The summed E-state index contributed by atoms with van der Waals surface area (Å²) < 4.78 is 12.7. The second kappa shape index (κ2) is 7.22. The fourth-order valence-corrected chi connectivity index (χ4v) is 2.53. The Morgan fingerprint density at radius 3 is 2.17 bits per heavy atom. The van der Waals surface area contributed by atoms with Crippen LogP contribution < -0.4 is 9.47 Å². The first-order chi connectivity index (χ1) is 11.0. The second-order valence-electron chi connectivity index (χ2n) is 5.67. The molecule has 5 heteroatoms. The third-order valence-electron chi connectivity index (χ3n) is 3.91. The van der Waals surface area contributed by atoms with Gasteiger partial charge in [-0.05, 0) is 38.1 Å². The molecule has 124 valence electrons. The first-order valence-electron chi connectivity index (χ1n) is 7.61. The van der Waals surface area contributed by atoms with Crippen molar-refractivity contribution >= 4 is 5.91 Å². The van der Waals surface area contributed by atoms with Crippen LogP contribution in [0.2, 0.25) is 0 Å². The lowest BCUT2D eigenvalue weighted by Crippen LogP contribution is -2.37. The Kier molecular flexibility index (Phi) is 5.32. The standard InChI is InChI=1S/C18H24N2O3/c1-13(2)20(12-14-8-7-11-19(14)3)18(21)17-15(22-4)9-6-10-16(17)23-5/h6-11,13H,12H2,1-5H3. The van der Waals surface area contributed by atoms with Crippen LogP contribution in [0.15, 0.2) is 36.5 Å². The van der Waals surface area contributed by atoms with Gasteiger partial charge in [-0.15, -0.1) is 0 Å². The molecule has 0 atom stereocenters. The highest BCUT2D eigenvalue weighted by Gasteiger charge is 2.26. The van der Waals surface area contributed by atoms with E-state index in [0.29, 0.717) is 23.6 Å². The van der Waals surface area contributed by atoms with E-state index in [2.05, 4.69) is 0 Å². The Labute approximate surface area is 137 Å². The Bertz CT molecular complexity index is 654. The fraction of sp³-hybridized carbons (Fsp3) is 0.389. The highest BCUT2D eigenvalue weighted by Crippen LogP contribution is 2.30. The van der Waals surface area contributed by atoms with Gasteiger partial charge in [0.1, 0.15) is 17.1 Å². The number of benzene rings is 1. The van der Waals surface area contributed by atoms with Crippen LogP contribution in [-0.2, 0) is 13.6 Å². The Morgan fingerprint density at radius 2 is 1.74 bits per heavy atom. The van der Waals surface area contributed by atoms with E-state index in [1.165, 1.54) is 0 Å². The quantitative estimate of drug-likeness (QED) is 0.822. The maximum Gasteiger partial charge on any atom is 0.262 e. The van der Waals surface area contributed by atoms with Gasteiger partial charge in [0, 0.05) is 25.0 Å². The summed E-state index contributed by atoms with van der Waals surface area (Å²) in [7, 11) is 5.09. The maximum atomic E-state index is 13.1. The van der Waals surface area contributed by atoms with Crippen molar-refractivity contribution in [1.82, 2.24) is 9.47 Å². The van der Waals surface area contributed by atoms with E-state index in [4.69, 9.17) is 9.47 Å². The van der Waals surface area contributed by atoms with Crippen molar-refractivity contribution in [1.29, 1.82) is 0 Å². The molecule has 0 fully saturated rings. The predicted molar refractivity (Wildman–Crippen MR) is 90.0 cm³/mol. The minimum absolute atomic E-state index is 0.0482. The van der Waals surface area contributed by atoms with Crippen molar-refractivity contribution < 1.29 is 14.3 Å². The van der Waals surface area contributed by atoms with E-state index in [9.17, 15) is 4.79 Å². The third kappa shape index (κ3) is 3.50. The molecule has 0 aliphatic rings. The zero-order chi connectivity index (χ0) is 17.0. The number of carbonyl (C=O) groups is 1. The molecular weight excluding hydrogens is 292 g/mol. The topological polar surface area (TPSA) is 43.7 Å². The van der Waals surface area contributed by atoms with Crippen LogP contribution >= 0.6 is 0 Å². The minimum atomic E-state index is -0.101. The molecule has 1 amide bonds. The van der Waals surface area contributed by atoms with Crippen LogP contribution in [0.4, 0.5) is 0 Å². The molecule has 0 spiro atoms. The first-order valence-corrected chi connectivity index (χ1v) is 7.61. The zero-order valence-electron chi connectivity index (χ0n) is 14.4. The number of hydrogen-bond donors (Lipinski definition) is 0. The van der Waals surface area contributed by atoms with Gasteiger partial charge >= 0.3 is 0 Å². The first kappa shape index (κ1) is 16.9. The summed E-state index contributed by atoms with van der Waals surface area (Å²) in [5, 5.41) is 0. The monoisotopic (exact) mass is 316 g/mol. The summed E-state index contributed by atoms with van der Waals surface area (Å²) in [6.45, 7) is 4.53. The Hall–Kier alpha value is -2.43. The van der Waals surface area contributed by atoms with E-state index in [0.717, 1.165) is 5.69 Å². The van der Waals surface area contributed by atoms with Crippen molar-refractivity contribution in [2.24, 2.45) is 7.05 Å². The Balaban J connectivity index is 2.41. The number of nitrogens with zero attached hydrogens (tertiary/aromatic N) is 2. The van der Waals surface area contributed by atoms with E-state index in [1.807, 2.05) is 54.8 Å². The average molecular weight is 316 g/mol. The molecule has 0 radical (unpaired) electrons. The molecule has 2 rings (SSSR count). The average Bonchev–Trinajstić information content (AvgIpc) is 2.95. The van der Waals surface area contributed by atoms with Crippen LogP contribution in [0.25, 0.3) is 0 Å². The van der Waals surface area contributed by atoms with Crippen molar-refractivity contribution in [3.63, 3.8) is 0 Å². The van der Waals surface area contributed by atoms with E-state index < -0.39 is 0 Å². The molecule has 0 saturated carbocycles. The molecule has 0 aliphatic heterocycles. The van der Waals surface area contributed by atoms with Gasteiger partial charge in [-0.1, -0.05) is 6.07 Å². The number of carbonyl (C=O) groups excluding carboxylic acids is 1. The van der Waals surface area contributed by atoms with Crippen LogP contribution in [0.5, 0.6) is 11.5 Å². The van der Waals surface area contributed by atoms with Gasteiger partial charge in [-0.2, -0.15) is 0 Å². The lowest BCUT2D eigenvalue weighted by molar-refractivity contribution is 0.0679. The molecule has 0 aliphatic carbocycles. The molecule has 0 saturated heterocycles. The lowest BCUT2D eigenvalue weighted by Gasteiger charge is -2.28. The van der Waals surface area contributed by atoms with Crippen LogP contribution in [0.3, 0.4) is 0 Å². The molecular formula is C18H24N2O3. The molecule has 2 aromatic rings. The summed E-state index contributed by atoms with van der Waals surface area (Å²) in [4.78, 5) is 15.0. The maximum absolute atomic E-state index is 13.1. The fourth-order valence-electron chi connectivity index (χ4n) is 2.53. The summed E-state index contributed by atoms with van der Waals surface area (Å²) in [5.41, 5.74) is 1.53. The van der Waals surface area contributed by atoms with Crippen molar-refractivity contribution in [2.45, 2.75) is 26.4 Å². The number of aromatic nitrogens is 1. The van der Waals surface area contributed by atoms with Crippen molar-refractivity contribution in [2.75, 3.05) is 14.2 Å². The van der Waals surface area contributed by atoms with Crippen LogP contribution in [-0.4, -0.2) is 35.6 Å². The minimum Gasteiger partial charge on any atom is -0.496 e. The van der Waals surface area contributed by atoms with E-state index >= 15 is 0 Å². The van der Waals surface area contributed by atoms with E-state index in [1.54, 1.807) is 26.4 Å². The van der Waals surface area contributed by atoms with Crippen LogP contribution in [0, 0.1) is 0 Å². The SMILES string of the molecule is COc1cccc(OC)c1C(=O)N(Cc1cccn1C)C(C)C. The van der Waals surface area contributed by atoms with Gasteiger partial charge in [-0.3, -0.25) is 4.79 Å². The largest absolute Gasteiger partial charge is 0.496 e. The normalized spacial score (nSPS) is 10.7. The predicted octanol–water partition coefficient (Wildman–Crippen LogP) is 3.09. The zero-order valence-corrected chi connectivity index (χ0v) is 14.4. The van der Waals surface area contributed by atoms with Gasteiger partial charge in [-0.25, -0.2) is 0 Å². The number of methoxy groups -OCH3 is 2. The molecule has 0 bridgehead atoms. The summed E-state index contributed by atoms with van der Waals surface area (Å²) in [5.74, 6) is 0.939. The third-order valence-corrected chi connectivity index (χ3v) is 3.91. The summed E-state index contributed by atoms with van der Waals surface area (Å²) >= 11 is 0. The number of hydrogen-bond acceptors (Lipinski definition) is 3.